The molecule has 1 amide bonds. The van der Waals surface area contributed by atoms with Gasteiger partial charge in [-0.2, -0.15) is 0 Å². The fraction of sp³-hybridized carbons (Fsp3) is 0.889. The molecule has 0 bridgehead atoms. The lowest BCUT2D eigenvalue weighted by Crippen LogP contribution is -2.25. The Kier molecular flexibility index (Phi) is 9.40. The predicted molar refractivity (Wildman–Crippen MR) is 61.1 cm³/mol. The minimum Gasteiger partial charge on any atom is -0.356 e. The van der Waals surface area contributed by atoms with Crippen LogP contribution in [0.5, 0.6) is 0 Å². The van der Waals surface area contributed by atoms with Crippen LogP contribution >= 0.6 is 11.6 Å². The summed E-state index contributed by atoms with van der Waals surface area (Å²) in [6.07, 6.45) is 4.72. The first kappa shape index (κ1) is 13.9. The Bertz CT molecular complexity index is 188. The maximum atomic E-state index is 11.1. The van der Waals surface area contributed by atoms with E-state index in [0.717, 1.165) is 19.3 Å². The lowest BCUT2D eigenvalue weighted by molar-refractivity contribution is -0.121. The molecule has 1 N–H and O–H groups in total. The number of halogens is 1. The van der Waals surface area contributed by atoms with Gasteiger partial charge in [-0.15, -0.1) is 11.6 Å². The highest BCUT2D eigenvalue weighted by molar-refractivity contribution is 7.84. The van der Waals surface area contributed by atoms with Crippen LogP contribution in [-0.4, -0.2) is 34.5 Å². The molecule has 14 heavy (non-hydrogen) atoms. The van der Waals surface area contributed by atoms with Crippen LogP contribution in [0.2, 0.25) is 0 Å². The van der Waals surface area contributed by atoms with Crippen LogP contribution in [0.3, 0.4) is 0 Å². The summed E-state index contributed by atoms with van der Waals surface area (Å²) < 4.78 is 10.7. The van der Waals surface area contributed by atoms with Gasteiger partial charge in [0.2, 0.25) is 5.91 Å². The van der Waals surface area contributed by atoms with E-state index in [1.165, 1.54) is 0 Å². The van der Waals surface area contributed by atoms with Crippen molar-refractivity contribution in [3.63, 3.8) is 0 Å². The Hall–Kier alpha value is -0.0900. The average molecular weight is 240 g/mol. The van der Waals surface area contributed by atoms with Gasteiger partial charge in [0, 0.05) is 41.7 Å². The average Bonchev–Trinajstić information content (AvgIpc) is 2.13. The smallest absolute Gasteiger partial charge is 0.219 e. The van der Waals surface area contributed by atoms with Gasteiger partial charge in [0.25, 0.3) is 0 Å². The molecular weight excluding hydrogens is 222 g/mol. The summed E-state index contributed by atoms with van der Waals surface area (Å²) in [4.78, 5) is 11.1. The number of alkyl halides is 1. The van der Waals surface area contributed by atoms with Crippen LogP contribution < -0.4 is 5.32 Å². The second kappa shape index (κ2) is 9.46. The number of hydrogen-bond donors (Lipinski definition) is 1. The summed E-state index contributed by atoms with van der Waals surface area (Å²) in [6.45, 7) is 0.624. The summed E-state index contributed by atoms with van der Waals surface area (Å²) in [5.41, 5.74) is 0. The van der Waals surface area contributed by atoms with Gasteiger partial charge in [-0.25, -0.2) is 0 Å². The molecule has 0 rings (SSSR count). The van der Waals surface area contributed by atoms with Gasteiger partial charge in [-0.05, 0) is 19.3 Å². The van der Waals surface area contributed by atoms with Crippen molar-refractivity contribution in [3.05, 3.63) is 0 Å². The Morgan fingerprint density at radius 2 is 2.07 bits per heavy atom. The molecule has 0 saturated carbocycles. The van der Waals surface area contributed by atoms with Gasteiger partial charge in [0.05, 0.1) is 0 Å². The zero-order valence-electron chi connectivity index (χ0n) is 8.55. The molecular formula is C9H18ClNO2S. The zero-order chi connectivity index (χ0) is 10.8. The SMILES string of the molecule is CS(=O)CCCNC(=O)CCCCCl. The van der Waals surface area contributed by atoms with Crippen LogP contribution in [0.1, 0.15) is 25.7 Å². The number of nitrogens with one attached hydrogen (secondary N) is 1. The van der Waals surface area contributed by atoms with Gasteiger partial charge in [0.1, 0.15) is 0 Å². The third kappa shape index (κ3) is 9.99. The highest BCUT2D eigenvalue weighted by Gasteiger charge is 1.99. The predicted octanol–water partition coefficient (Wildman–Crippen LogP) is 1.28. The molecule has 3 nitrogen and oxygen atoms in total. The van der Waals surface area contributed by atoms with Crippen molar-refractivity contribution in [2.75, 3.05) is 24.4 Å². The van der Waals surface area contributed by atoms with Crippen LogP contribution in [0, 0.1) is 0 Å². The number of hydrogen-bond acceptors (Lipinski definition) is 2. The van der Waals surface area contributed by atoms with E-state index in [4.69, 9.17) is 11.6 Å². The molecule has 0 aliphatic rings. The Morgan fingerprint density at radius 3 is 2.64 bits per heavy atom. The highest BCUT2D eigenvalue weighted by Crippen LogP contribution is 1.96. The van der Waals surface area contributed by atoms with Crippen molar-refractivity contribution >= 4 is 28.3 Å². The van der Waals surface area contributed by atoms with Gasteiger partial charge in [-0.1, -0.05) is 0 Å². The van der Waals surface area contributed by atoms with Crippen molar-refractivity contribution < 1.29 is 9.00 Å². The first-order chi connectivity index (χ1) is 6.66. The van der Waals surface area contributed by atoms with Crippen molar-refractivity contribution in [1.82, 2.24) is 5.32 Å². The van der Waals surface area contributed by atoms with Gasteiger partial charge in [0.15, 0.2) is 0 Å². The summed E-state index contributed by atoms with van der Waals surface area (Å²) in [6, 6.07) is 0. The first-order valence-corrected chi connectivity index (χ1v) is 7.05. The van der Waals surface area contributed by atoms with Crippen LogP contribution in [0.25, 0.3) is 0 Å². The quantitative estimate of drug-likeness (QED) is 0.512. The summed E-state index contributed by atoms with van der Waals surface area (Å²) in [5, 5.41) is 2.78. The molecule has 0 aromatic carbocycles. The molecule has 0 aromatic heterocycles. The zero-order valence-corrected chi connectivity index (χ0v) is 10.1. The van der Waals surface area contributed by atoms with E-state index in [1.807, 2.05) is 0 Å². The van der Waals surface area contributed by atoms with E-state index in [1.54, 1.807) is 6.26 Å². The number of amides is 1. The maximum Gasteiger partial charge on any atom is 0.219 e. The van der Waals surface area contributed by atoms with E-state index >= 15 is 0 Å². The van der Waals surface area contributed by atoms with Crippen LogP contribution in [0.15, 0.2) is 0 Å². The third-order valence-electron chi connectivity index (χ3n) is 1.72. The summed E-state index contributed by atoms with van der Waals surface area (Å²) in [5.74, 6) is 1.33. The largest absolute Gasteiger partial charge is 0.356 e. The number of unbranched alkanes of at least 4 members (excludes halogenated alkanes) is 1. The normalized spacial score (nSPS) is 12.4. The molecule has 84 valence electrons. The van der Waals surface area contributed by atoms with Gasteiger partial charge >= 0.3 is 0 Å². The minimum atomic E-state index is -0.756. The standard InChI is InChI=1S/C9H18ClNO2S/c1-14(13)8-4-7-11-9(12)5-2-3-6-10/h2-8H2,1H3,(H,11,12). The first-order valence-electron chi connectivity index (χ1n) is 4.79. The van der Waals surface area contributed by atoms with Crippen LogP contribution in [0.4, 0.5) is 0 Å². The monoisotopic (exact) mass is 239 g/mol. The van der Waals surface area contributed by atoms with Gasteiger partial charge < -0.3 is 5.32 Å². The molecule has 0 spiro atoms. The second-order valence-corrected chi connectivity index (χ2v) is 5.06. The maximum absolute atomic E-state index is 11.1. The minimum absolute atomic E-state index is 0.0667. The number of rotatable bonds is 8. The molecule has 0 heterocycles. The molecule has 0 fully saturated rings. The lowest BCUT2D eigenvalue weighted by Gasteiger charge is -2.03. The highest BCUT2D eigenvalue weighted by atomic mass is 35.5. The van der Waals surface area contributed by atoms with Crippen molar-refractivity contribution in [3.8, 4) is 0 Å². The molecule has 0 aliphatic heterocycles. The third-order valence-corrected chi connectivity index (χ3v) is 2.85. The van der Waals surface area contributed by atoms with E-state index in [9.17, 15) is 9.00 Å². The molecule has 0 aromatic rings. The Labute approximate surface area is 93.0 Å². The topological polar surface area (TPSA) is 46.2 Å². The van der Waals surface area contributed by atoms with Crippen molar-refractivity contribution in [2.24, 2.45) is 0 Å². The summed E-state index contributed by atoms with van der Waals surface area (Å²) in [7, 11) is -0.756. The molecule has 1 atom stereocenters. The van der Waals surface area contributed by atoms with E-state index in [0.29, 0.717) is 24.6 Å². The van der Waals surface area contributed by atoms with Crippen LogP contribution in [-0.2, 0) is 15.6 Å². The van der Waals surface area contributed by atoms with Gasteiger partial charge in [-0.3, -0.25) is 9.00 Å². The number of carbonyl (C=O) groups excluding carboxylic acids is 1. The lowest BCUT2D eigenvalue weighted by atomic mass is 10.2. The van der Waals surface area contributed by atoms with Crippen molar-refractivity contribution in [2.45, 2.75) is 25.7 Å². The molecule has 0 radical (unpaired) electrons. The summed E-state index contributed by atoms with van der Waals surface area (Å²) >= 11 is 5.48. The van der Waals surface area contributed by atoms with E-state index < -0.39 is 10.8 Å². The number of carbonyl (C=O) groups is 1. The second-order valence-electron chi connectivity index (χ2n) is 3.13. The molecule has 0 aliphatic carbocycles. The molecule has 5 heteroatoms. The van der Waals surface area contributed by atoms with Crippen molar-refractivity contribution in [1.29, 1.82) is 0 Å². The van der Waals surface area contributed by atoms with E-state index in [-0.39, 0.29) is 5.91 Å². The van der Waals surface area contributed by atoms with E-state index in [2.05, 4.69) is 5.32 Å². The fourth-order valence-corrected chi connectivity index (χ4v) is 1.71. The molecule has 0 saturated heterocycles. The Balaban J connectivity index is 3.22. The fourth-order valence-electron chi connectivity index (χ4n) is 0.972. The Morgan fingerprint density at radius 1 is 1.36 bits per heavy atom. The molecule has 1 unspecified atom stereocenters.